The number of amides is 1. The van der Waals surface area contributed by atoms with Gasteiger partial charge in [-0.15, -0.1) is 0 Å². The molecule has 1 saturated carbocycles. The van der Waals surface area contributed by atoms with Gasteiger partial charge in [-0.05, 0) is 19.8 Å². The van der Waals surface area contributed by atoms with E-state index in [1.54, 1.807) is 13.1 Å². The highest BCUT2D eigenvalue weighted by Gasteiger charge is 2.38. The van der Waals surface area contributed by atoms with Crippen LogP contribution >= 0.6 is 0 Å². The average molecular weight is 308 g/mol. The molecular weight excluding hydrogens is 284 g/mol. The van der Waals surface area contributed by atoms with E-state index in [-0.39, 0.29) is 23.8 Å². The van der Waals surface area contributed by atoms with Crippen LogP contribution in [0.2, 0.25) is 0 Å². The quantitative estimate of drug-likeness (QED) is 0.872. The molecule has 2 rings (SSSR count). The molecule has 1 aliphatic rings. The van der Waals surface area contributed by atoms with Crippen molar-refractivity contribution in [3.8, 4) is 0 Å². The molecule has 1 amide bonds. The first-order valence-electron chi connectivity index (χ1n) is 7.69. The normalized spacial score (nSPS) is 16.4. The topological polar surface area (TPSA) is 83.6 Å². The zero-order valence-electron chi connectivity index (χ0n) is 13.6. The Morgan fingerprint density at radius 2 is 2.09 bits per heavy atom. The summed E-state index contributed by atoms with van der Waals surface area (Å²) in [4.78, 5) is 29.2. The number of hydrogen-bond acceptors (Lipinski definition) is 4. The highest BCUT2D eigenvalue weighted by Crippen LogP contribution is 2.30. The first-order valence-corrected chi connectivity index (χ1v) is 7.69. The van der Waals surface area contributed by atoms with E-state index in [9.17, 15) is 9.59 Å². The number of aliphatic carboxylic acids is 1. The molecular formula is C16H24N2O4. The Morgan fingerprint density at radius 1 is 1.45 bits per heavy atom. The van der Waals surface area contributed by atoms with Crippen LogP contribution in [-0.4, -0.2) is 39.0 Å². The predicted octanol–water partition coefficient (Wildman–Crippen LogP) is 2.37. The molecule has 1 heterocycles. The van der Waals surface area contributed by atoms with Crippen molar-refractivity contribution in [1.82, 2.24) is 9.88 Å². The van der Waals surface area contributed by atoms with Crippen molar-refractivity contribution >= 4 is 11.9 Å². The van der Waals surface area contributed by atoms with Crippen molar-refractivity contribution < 1.29 is 19.1 Å². The van der Waals surface area contributed by atoms with Gasteiger partial charge < -0.3 is 14.4 Å². The predicted molar refractivity (Wildman–Crippen MR) is 80.5 cm³/mol. The SMILES string of the molecule is CC(C(=O)O)N(C(=O)CCc1ncc(C(C)(C)C)o1)C1CC1. The summed E-state index contributed by atoms with van der Waals surface area (Å²) in [6.45, 7) is 7.66. The Hall–Kier alpha value is -1.85. The van der Waals surface area contributed by atoms with E-state index in [0.29, 0.717) is 12.3 Å². The number of aryl methyl sites for hydroxylation is 1. The van der Waals surface area contributed by atoms with Crippen LogP contribution in [0.4, 0.5) is 0 Å². The maximum atomic E-state index is 12.3. The van der Waals surface area contributed by atoms with E-state index >= 15 is 0 Å². The van der Waals surface area contributed by atoms with Crippen molar-refractivity contribution in [3.05, 3.63) is 17.8 Å². The van der Waals surface area contributed by atoms with E-state index < -0.39 is 12.0 Å². The van der Waals surface area contributed by atoms with Crippen LogP contribution in [0.25, 0.3) is 0 Å². The summed E-state index contributed by atoms with van der Waals surface area (Å²) in [6.07, 6.45) is 4.08. The van der Waals surface area contributed by atoms with Gasteiger partial charge >= 0.3 is 5.97 Å². The largest absolute Gasteiger partial charge is 0.480 e. The molecule has 0 radical (unpaired) electrons. The van der Waals surface area contributed by atoms with Crippen LogP contribution in [0.15, 0.2) is 10.6 Å². The van der Waals surface area contributed by atoms with Gasteiger partial charge in [-0.2, -0.15) is 0 Å². The van der Waals surface area contributed by atoms with Gasteiger partial charge in [0.25, 0.3) is 0 Å². The fraction of sp³-hybridized carbons (Fsp3) is 0.688. The Morgan fingerprint density at radius 3 is 2.55 bits per heavy atom. The molecule has 0 saturated heterocycles. The van der Waals surface area contributed by atoms with Crippen LogP contribution in [-0.2, 0) is 21.4 Å². The number of oxazole rings is 1. The summed E-state index contributed by atoms with van der Waals surface area (Å²) < 4.78 is 5.66. The van der Waals surface area contributed by atoms with Crippen molar-refractivity contribution in [2.45, 2.75) is 70.9 Å². The van der Waals surface area contributed by atoms with Gasteiger partial charge in [-0.3, -0.25) is 4.79 Å². The Bertz CT molecular complexity index is 555. The standard InChI is InChI=1S/C16H24N2O4/c1-10(15(20)21)18(11-5-6-11)14(19)8-7-13-17-9-12(22-13)16(2,3)4/h9-11H,5-8H2,1-4H3,(H,20,21). The molecule has 1 aromatic heterocycles. The molecule has 0 spiro atoms. The highest BCUT2D eigenvalue weighted by atomic mass is 16.4. The minimum absolute atomic E-state index is 0.0771. The molecule has 1 fully saturated rings. The molecule has 0 bridgehead atoms. The lowest BCUT2D eigenvalue weighted by Gasteiger charge is -2.26. The number of hydrogen-bond donors (Lipinski definition) is 1. The van der Waals surface area contributed by atoms with Crippen LogP contribution < -0.4 is 0 Å². The number of nitrogens with zero attached hydrogens (tertiary/aromatic N) is 2. The van der Waals surface area contributed by atoms with Crippen molar-refractivity contribution in [2.75, 3.05) is 0 Å². The Labute approximate surface area is 130 Å². The third kappa shape index (κ3) is 3.87. The van der Waals surface area contributed by atoms with Gasteiger partial charge in [0.05, 0.1) is 6.20 Å². The lowest BCUT2D eigenvalue weighted by molar-refractivity contribution is -0.150. The van der Waals surface area contributed by atoms with Gasteiger partial charge in [-0.1, -0.05) is 20.8 Å². The van der Waals surface area contributed by atoms with Crippen LogP contribution in [0.5, 0.6) is 0 Å². The monoisotopic (exact) mass is 308 g/mol. The minimum atomic E-state index is -0.966. The minimum Gasteiger partial charge on any atom is -0.480 e. The van der Waals surface area contributed by atoms with Gasteiger partial charge in [-0.25, -0.2) is 9.78 Å². The Kier molecular flexibility index (Phi) is 4.58. The zero-order valence-corrected chi connectivity index (χ0v) is 13.6. The third-order valence-electron chi connectivity index (χ3n) is 3.85. The second-order valence-electron chi connectivity index (χ2n) is 6.91. The number of rotatable bonds is 6. The molecule has 6 nitrogen and oxygen atoms in total. The number of carbonyl (C=O) groups excluding carboxylic acids is 1. The van der Waals surface area contributed by atoms with E-state index in [0.717, 1.165) is 18.6 Å². The molecule has 22 heavy (non-hydrogen) atoms. The second-order valence-corrected chi connectivity index (χ2v) is 6.91. The molecule has 6 heteroatoms. The summed E-state index contributed by atoms with van der Waals surface area (Å²) in [5, 5.41) is 9.13. The summed E-state index contributed by atoms with van der Waals surface area (Å²) in [5.41, 5.74) is -0.118. The van der Waals surface area contributed by atoms with Gasteiger partial charge in [0.15, 0.2) is 5.89 Å². The van der Waals surface area contributed by atoms with Gasteiger partial charge in [0, 0.05) is 24.3 Å². The smallest absolute Gasteiger partial charge is 0.326 e. The molecule has 1 aromatic rings. The highest BCUT2D eigenvalue weighted by molar-refractivity contribution is 5.84. The molecule has 1 atom stereocenters. The average Bonchev–Trinajstić information content (AvgIpc) is 3.11. The first-order chi connectivity index (χ1) is 10.2. The lowest BCUT2D eigenvalue weighted by atomic mass is 9.94. The van der Waals surface area contributed by atoms with Crippen molar-refractivity contribution in [2.24, 2.45) is 0 Å². The van der Waals surface area contributed by atoms with Gasteiger partial charge in [0.2, 0.25) is 5.91 Å². The maximum Gasteiger partial charge on any atom is 0.326 e. The fourth-order valence-electron chi connectivity index (χ4n) is 2.32. The first kappa shape index (κ1) is 16.5. The van der Waals surface area contributed by atoms with E-state index in [1.807, 2.05) is 20.8 Å². The van der Waals surface area contributed by atoms with Gasteiger partial charge in [0.1, 0.15) is 11.8 Å². The molecule has 0 aromatic carbocycles. The van der Waals surface area contributed by atoms with E-state index in [1.165, 1.54) is 4.90 Å². The molecule has 1 N–H and O–H groups in total. The summed E-state index contributed by atoms with van der Waals surface area (Å²) in [7, 11) is 0. The summed E-state index contributed by atoms with van der Waals surface area (Å²) in [5.74, 6) is 0.198. The molecule has 1 unspecified atom stereocenters. The Balaban J connectivity index is 1.96. The van der Waals surface area contributed by atoms with Crippen molar-refractivity contribution in [3.63, 3.8) is 0 Å². The van der Waals surface area contributed by atoms with Crippen molar-refractivity contribution in [1.29, 1.82) is 0 Å². The third-order valence-corrected chi connectivity index (χ3v) is 3.85. The van der Waals surface area contributed by atoms with Crippen LogP contribution in [0, 0.1) is 0 Å². The summed E-state index contributed by atoms with van der Waals surface area (Å²) >= 11 is 0. The fourth-order valence-corrected chi connectivity index (χ4v) is 2.32. The van der Waals surface area contributed by atoms with E-state index in [2.05, 4.69) is 4.98 Å². The summed E-state index contributed by atoms with van der Waals surface area (Å²) in [6, 6.07) is -0.706. The molecule has 0 aliphatic heterocycles. The second kappa shape index (κ2) is 6.10. The number of carboxylic acid groups (broad SMARTS) is 1. The number of carbonyl (C=O) groups is 2. The van der Waals surface area contributed by atoms with Crippen LogP contribution in [0.1, 0.15) is 58.6 Å². The number of carboxylic acids is 1. The molecule has 1 aliphatic carbocycles. The van der Waals surface area contributed by atoms with E-state index in [4.69, 9.17) is 9.52 Å². The van der Waals surface area contributed by atoms with Crippen LogP contribution in [0.3, 0.4) is 0 Å². The number of aromatic nitrogens is 1. The zero-order chi connectivity index (χ0) is 16.5. The lowest BCUT2D eigenvalue weighted by Crippen LogP contribution is -2.44. The maximum absolute atomic E-state index is 12.3. The molecule has 122 valence electrons.